The van der Waals surface area contributed by atoms with Gasteiger partial charge < -0.3 is 9.64 Å². The molecule has 3 aromatic carbocycles. The Labute approximate surface area is 185 Å². The number of hydrogen-bond donors (Lipinski definition) is 1. The lowest BCUT2D eigenvalue weighted by molar-refractivity contribution is 0.0773. The van der Waals surface area contributed by atoms with Crippen LogP contribution in [0.15, 0.2) is 71.6 Å². The molecule has 6 nitrogen and oxygen atoms in total. The van der Waals surface area contributed by atoms with Gasteiger partial charge in [0.1, 0.15) is 12.4 Å². The third kappa shape index (κ3) is 5.61. The molecule has 0 bridgehead atoms. The smallest absolute Gasteiger partial charge is 0.261 e. The van der Waals surface area contributed by atoms with Gasteiger partial charge >= 0.3 is 0 Å². The van der Waals surface area contributed by atoms with Crippen LogP contribution in [0.5, 0.6) is 5.75 Å². The number of carbonyl (C=O) groups is 1. The number of amides is 1. The van der Waals surface area contributed by atoms with Gasteiger partial charge in [-0.3, -0.25) is 9.52 Å². The highest BCUT2D eigenvalue weighted by molar-refractivity contribution is 7.92. The Balaban J connectivity index is 1.66. The number of nitrogens with one attached hydrogen (secondary N) is 1. The van der Waals surface area contributed by atoms with Crippen molar-refractivity contribution in [2.45, 2.75) is 11.8 Å². The quantitative estimate of drug-likeness (QED) is 0.546. The van der Waals surface area contributed by atoms with Crippen molar-refractivity contribution in [3.05, 3.63) is 89.5 Å². The molecule has 3 rings (SSSR count). The molecule has 0 heterocycles. The van der Waals surface area contributed by atoms with Crippen molar-refractivity contribution < 1.29 is 26.7 Å². The van der Waals surface area contributed by atoms with Crippen LogP contribution < -0.4 is 9.46 Å². The molecule has 0 atom stereocenters. The molecule has 0 aliphatic rings. The molecule has 3 aromatic rings. The lowest BCUT2D eigenvalue weighted by atomic mass is 10.2. The second-order valence-electron chi connectivity index (χ2n) is 7.10. The van der Waals surface area contributed by atoms with Crippen LogP contribution in [0, 0.1) is 18.6 Å². The maximum absolute atomic E-state index is 13.8. The van der Waals surface area contributed by atoms with E-state index >= 15 is 0 Å². The molecule has 0 saturated carbocycles. The highest BCUT2D eigenvalue weighted by Gasteiger charge is 2.18. The van der Waals surface area contributed by atoms with Gasteiger partial charge in [-0.2, -0.15) is 0 Å². The van der Waals surface area contributed by atoms with Gasteiger partial charge in [0.05, 0.1) is 11.4 Å². The van der Waals surface area contributed by atoms with Crippen LogP contribution >= 0.6 is 0 Å². The van der Waals surface area contributed by atoms with Crippen LogP contribution in [0.3, 0.4) is 0 Å². The average molecular weight is 461 g/mol. The molecule has 0 spiro atoms. The molecule has 9 heteroatoms. The van der Waals surface area contributed by atoms with Crippen LogP contribution in [0.1, 0.15) is 15.9 Å². The third-order valence-electron chi connectivity index (χ3n) is 4.68. The minimum atomic E-state index is -4.03. The average Bonchev–Trinajstić information content (AvgIpc) is 2.76. The van der Waals surface area contributed by atoms with E-state index in [9.17, 15) is 22.0 Å². The summed E-state index contributed by atoms with van der Waals surface area (Å²) in [6.07, 6.45) is 0. The number of anilines is 1. The van der Waals surface area contributed by atoms with Gasteiger partial charge in [-0.05, 0) is 55.0 Å². The maximum atomic E-state index is 13.8. The maximum Gasteiger partial charge on any atom is 0.261 e. The van der Waals surface area contributed by atoms with E-state index in [1.807, 2.05) is 0 Å². The summed E-state index contributed by atoms with van der Waals surface area (Å²) in [4.78, 5) is 13.8. The number of carbonyl (C=O) groups excluding carboxylic acids is 1. The SMILES string of the molecule is Cc1ccc(S(=O)(=O)Nc2cccc(C(=O)N(C)CCOc3ccccc3F)c2)cc1F. The molecule has 0 aliphatic heterocycles. The van der Waals surface area contributed by atoms with E-state index in [1.165, 1.54) is 54.3 Å². The second-order valence-corrected chi connectivity index (χ2v) is 8.79. The number of sulfonamides is 1. The molecular weight excluding hydrogens is 438 g/mol. The van der Waals surface area contributed by atoms with Crippen molar-refractivity contribution >= 4 is 21.6 Å². The number of likely N-dealkylation sites (N-methyl/N-ethyl adjacent to an activating group) is 1. The number of para-hydroxylation sites is 1. The van der Waals surface area contributed by atoms with Gasteiger partial charge in [0.25, 0.3) is 15.9 Å². The number of halogens is 2. The highest BCUT2D eigenvalue weighted by atomic mass is 32.2. The van der Waals surface area contributed by atoms with Crippen molar-refractivity contribution in [2.24, 2.45) is 0 Å². The first-order valence-corrected chi connectivity index (χ1v) is 11.2. The van der Waals surface area contributed by atoms with Gasteiger partial charge in [0.15, 0.2) is 11.6 Å². The fourth-order valence-electron chi connectivity index (χ4n) is 2.85. The van der Waals surface area contributed by atoms with E-state index in [-0.39, 0.29) is 41.0 Å². The molecule has 0 aromatic heterocycles. The van der Waals surface area contributed by atoms with Crippen molar-refractivity contribution in [1.82, 2.24) is 4.90 Å². The van der Waals surface area contributed by atoms with Crippen LogP contribution in [-0.4, -0.2) is 39.4 Å². The van der Waals surface area contributed by atoms with E-state index in [0.29, 0.717) is 5.56 Å². The minimum Gasteiger partial charge on any atom is -0.489 e. The van der Waals surface area contributed by atoms with E-state index in [0.717, 1.165) is 6.07 Å². The summed E-state index contributed by atoms with van der Waals surface area (Å²) in [6.45, 7) is 1.80. The Morgan fingerprint density at radius 2 is 1.75 bits per heavy atom. The summed E-state index contributed by atoms with van der Waals surface area (Å²) in [6, 6.07) is 15.5. The summed E-state index contributed by atoms with van der Waals surface area (Å²) in [7, 11) is -2.48. The van der Waals surface area contributed by atoms with Gasteiger partial charge in [-0.25, -0.2) is 17.2 Å². The van der Waals surface area contributed by atoms with Gasteiger partial charge in [0, 0.05) is 18.3 Å². The lowest BCUT2D eigenvalue weighted by Crippen LogP contribution is -2.31. The third-order valence-corrected chi connectivity index (χ3v) is 6.06. The first kappa shape index (κ1) is 23.2. The Hall–Kier alpha value is -3.46. The highest BCUT2D eigenvalue weighted by Crippen LogP contribution is 2.20. The van der Waals surface area contributed by atoms with Crippen LogP contribution in [-0.2, 0) is 10.0 Å². The van der Waals surface area contributed by atoms with E-state index in [1.54, 1.807) is 25.2 Å². The summed E-state index contributed by atoms with van der Waals surface area (Å²) in [5.41, 5.74) is 0.736. The summed E-state index contributed by atoms with van der Waals surface area (Å²) >= 11 is 0. The van der Waals surface area contributed by atoms with Crippen LogP contribution in [0.4, 0.5) is 14.5 Å². The number of benzene rings is 3. The zero-order valence-electron chi connectivity index (χ0n) is 17.5. The lowest BCUT2D eigenvalue weighted by Gasteiger charge is -2.18. The molecule has 0 saturated heterocycles. The molecule has 32 heavy (non-hydrogen) atoms. The molecule has 0 radical (unpaired) electrons. The van der Waals surface area contributed by atoms with Crippen molar-refractivity contribution in [3.63, 3.8) is 0 Å². The molecule has 168 valence electrons. The van der Waals surface area contributed by atoms with E-state index in [4.69, 9.17) is 4.74 Å². The number of ether oxygens (including phenoxy) is 1. The molecule has 1 N–H and O–H groups in total. The molecule has 0 unspecified atom stereocenters. The van der Waals surface area contributed by atoms with Crippen molar-refractivity contribution in [3.8, 4) is 5.75 Å². The first-order chi connectivity index (χ1) is 15.2. The number of aryl methyl sites for hydroxylation is 1. The number of nitrogens with zero attached hydrogens (tertiary/aromatic N) is 1. The van der Waals surface area contributed by atoms with Gasteiger partial charge in [0.2, 0.25) is 0 Å². The van der Waals surface area contributed by atoms with Gasteiger partial charge in [-0.15, -0.1) is 0 Å². The van der Waals surface area contributed by atoms with Crippen molar-refractivity contribution in [1.29, 1.82) is 0 Å². The minimum absolute atomic E-state index is 0.0779. The monoisotopic (exact) mass is 460 g/mol. The first-order valence-electron chi connectivity index (χ1n) is 9.69. The largest absolute Gasteiger partial charge is 0.489 e. The molecule has 0 fully saturated rings. The standard InChI is InChI=1S/C23H22F2N2O4S/c1-16-10-11-19(15-21(16)25)32(29,30)26-18-7-5-6-17(14-18)23(28)27(2)12-13-31-22-9-4-3-8-20(22)24/h3-11,14-15,26H,12-13H2,1-2H3. The topological polar surface area (TPSA) is 75.7 Å². The van der Waals surface area contributed by atoms with Crippen molar-refractivity contribution in [2.75, 3.05) is 24.9 Å². The Morgan fingerprint density at radius 3 is 2.47 bits per heavy atom. The fourth-order valence-corrected chi connectivity index (χ4v) is 3.91. The molecule has 1 amide bonds. The molecule has 0 aliphatic carbocycles. The zero-order valence-corrected chi connectivity index (χ0v) is 18.3. The van der Waals surface area contributed by atoms with E-state index in [2.05, 4.69) is 4.72 Å². The predicted molar refractivity (Wildman–Crippen MR) is 117 cm³/mol. The Morgan fingerprint density at radius 1 is 1.00 bits per heavy atom. The Kier molecular flexibility index (Phi) is 7.09. The summed E-state index contributed by atoms with van der Waals surface area (Å²) in [5, 5.41) is 0. The fraction of sp³-hybridized carbons (Fsp3) is 0.174. The summed E-state index contributed by atoms with van der Waals surface area (Å²) in [5.74, 6) is -1.40. The molecular formula is C23H22F2N2O4S. The van der Waals surface area contributed by atoms with E-state index < -0.39 is 21.7 Å². The second kappa shape index (κ2) is 9.78. The van der Waals surface area contributed by atoms with Gasteiger partial charge in [-0.1, -0.05) is 24.3 Å². The Bertz CT molecular complexity index is 1230. The number of rotatable bonds is 8. The number of hydrogen-bond acceptors (Lipinski definition) is 4. The predicted octanol–water partition coefficient (Wildman–Crippen LogP) is 4.23. The van der Waals surface area contributed by atoms with Crippen LogP contribution in [0.2, 0.25) is 0 Å². The zero-order chi connectivity index (χ0) is 23.3. The summed E-state index contributed by atoms with van der Waals surface area (Å²) < 4.78 is 60.2. The normalized spacial score (nSPS) is 11.1. The van der Waals surface area contributed by atoms with Crippen LogP contribution in [0.25, 0.3) is 0 Å².